The lowest BCUT2D eigenvalue weighted by Crippen LogP contribution is -2.51. The van der Waals surface area contributed by atoms with Gasteiger partial charge in [0.15, 0.2) is 0 Å². The SMILES string of the molecule is C[C@@H]1C[C@H](F)c2ncnc(N3CCN(C(=O)[C@H](CNC(=O)O)c4ccc(Cl)c(F)c4)CC3)c21. The molecule has 0 unspecified atom stereocenters. The van der Waals surface area contributed by atoms with Crippen LogP contribution in [0.3, 0.4) is 0 Å². The number of hydrogen-bond acceptors (Lipinski definition) is 5. The molecule has 1 aliphatic carbocycles. The molecule has 2 aliphatic rings. The van der Waals surface area contributed by atoms with Gasteiger partial charge in [-0.25, -0.2) is 23.5 Å². The first-order chi connectivity index (χ1) is 15.8. The van der Waals surface area contributed by atoms with Crippen LogP contribution in [0.25, 0.3) is 0 Å². The Balaban J connectivity index is 1.49. The lowest BCUT2D eigenvalue weighted by molar-refractivity contribution is -0.133. The van der Waals surface area contributed by atoms with Crippen LogP contribution in [0.15, 0.2) is 24.5 Å². The van der Waals surface area contributed by atoms with Gasteiger partial charge in [-0.15, -0.1) is 0 Å². The molecule has 176 valence electrons. The summed E-state index contributed by atoms with van der Waals surface area (Å²) in [5.74, 6) is -1.17. The minimum Gasteiger partial charge on any atom is -0.465 e. The molecule has 4 rings (SSSR count). The molecule has 0 spiro atoms. The van der Waals surface area contributed by atoms with Crippen LogP contribution >= 0.6 is 11.6 Å². The molecule has 2 heterocycles. The van der Waals surface area contributed by atoms with Crippen molar-refractivity contribution >= 4 is 29.4 Å². The van der Waals surface area contributed by atoms with Gasteiger partial charge in [0.1, 0.15) is 24.1 Å². The molecule has 0 radical (unpaired) electrons. The van der Waals surface area contributed by atoms with Crippen LogP contribution in [-0.2, 0) is 4.79 Å². The maximum atomic E-state index is 14.3. The maximum absolute atomic E-state index is 14.3. The van der Waals surface area contributed by atoms with E-state index in [9.17, 15) is 18.4 Å². The van der Waals surface area contributed by atoms with Crippen molar-refractivity contribution in [3.63, 3.8) is 0 Å². The lowest BCUT2D eigenvalue weighted by atomic mass is 9.96. The number of alkyl halides is 1. The first-order valence-corrected chi connectivity index (χ1v) is 11.1. The molecule has 2 aromatic rings. The molecule has 3 atom stereocenters. The van der Waals surface area contributed by atoms with Gasteiger partial charge in [0.25, 0.3) is 0 Å². The van der Waals surface area contributed by atoms with Crippen molar-refractivity contribution in [2.24, 2.45) is 0 Å². The molecule has 1 saturated heterocycles. The Morgan fingerprint density at radius 2 is 2.00 bits per heavy atom. The van der Waals surface area contributed by atoms with Crippen LogP contribution in [-0.4, -0.2) is 64.7 Å². The van der Waals surface area contributed by atoms with Gasteiger partial charge in [-0.1, -0.05) is 24.6 Å². The molecule has 2 amide bonds. The number of nitrogens with zero attached hydrogens (tertiary/aromatic N) is 4. The van der Waals surface area contributed by atoms with E-state index in [1.165, 1.54) is 18.5 Å². The number of rotatable bonds is 5. The first kappa shape index (κ1) is 23.2. The van der Waals surface area contributed by atoms with E-state index in [2.05, 4.69) is 15.3 Å². The van der Waals surface area contributed by atoms with Gasteiger partial charge in [-0.3, -0.25) is 4.79 Å². The zero-order chi connectivity index (χ0) is 23.7. The summed E-state index contributed by atoms with van der Waals surface area (Å²) in [7, 11) is 0. The number of fused-ring (bicyclic) bond motifs is 1. The van der Waals surface area contributed by atoms with Crippen LogP contribution < -0.4 is 10.2 Å². The number of benzene rings is 1. The first-order valence-electron chi connectivity index (χ1n) is 10.7. The average molecular weight is 480 g/mol. The topological polar surface area (TPSA) is 98.7 Å². The smallest absolute Gasteiger partial charge is 0.404 e. The van der Waals surface area contributed by atoms with Crippen molar-refractivity contribution in [1.29, 1.82) is 0 Å². The van der Waals surface area contributed by atoms with Gasteiger partial charge < -0.3 is 20.2 Å². The number of anilines is 1. The highest BCUT2D eigenvalue weighted by Gasteiger charge is 2.36. The fourth-order valence-corrected chi connectivity index (χ4v) is 4.66. The molecule has 33 heavy (non-hydrogen) atoms. The van der Waals surface area contributed by atoms with Crippen LogP contribution in [0.4, 0.5) is 19.4 Å². The molecule has 11 heteroatoms. The Kier molecular flexibility index (Phi) is 6.64. The third-order valence-electron chi connectivity index (χ3n) is 6.24. The highest BCUT2D eigenvalue weighted by atomic mass is 35.5. The number of nitrogens with one attached hydrogen (secondary N) is 1. The second-order valence-corrected chi connectivity index (χ2v) is 8.73. The normalized spacial score (nSPS) is 21.0. The van der Waals surface area contributed by atoms with Gasteiger partial charge in [-0.05, 0) is 30.0 Å². The van der Waals surface area contributed by atoms with Crippen LogP contribution in [0.1, 0.15) is 48.2 Å². The number of carboxylic acid groups (broad SMARTS) is 1. The molecule has 1 aliphatic heterocycles. The number of hydrogen-bond donors (Lipinski definition) is 2. The van der Waals surface area contributed by atoms with Crippen molar-refractivity contribution < 1.29 is 23.5 Å². The summed E-state index contributed by atoms with van der Waals surface area (Å²) in [6, 6.07) is 4.02. The third kappa shape index (κ3) is 4.71. The molecular weight excluding hydrogens is 456 g/mol. The van der Waals surface area contributed by atoms with Crippen molar-refractivity contribution in [2.75, 3.05) is 37.6 Å². The Morgan fingerprint density at radius 3 is 2.67 bits per heavy atom. The van der Waals surface area contributed by atoms with E-state index in [0.29, 0.717) is 49.7 Å². The van der Waals surface area contributed by atoms with E-state index in [1.807, 2.05) is 11.8 Å². The molecule has 8 nitrogen and oxygen atoms in total. The van der Waals surface area contributed by atoms with Gasteiger partial charge >= 0.3 is 6.09 Å². The van der Waals surface area contributed by atoms with E-state index in [4.69, 9.17) is 16.7 Å². The van der Waals surface area contributed by atoms with Crippen LogP contribution in [0.5, 0.6) is 0 Å². The quantitative estimate of drug-likeness (QED) is 0.681. The van der Waals surface area contributed by atoms with Crippen molar-refractivity contribution in [3.8, 4) is 0 Å². The van der Waals surface area contributed by atoms with E-state index >= 15 is 0 Å². The number of carbonyl (C=O) groups excluding carboxylic acids is 1. The summed E-state index contributed by atoms with van der Waals surface area (Å²) in [5, 5.41) is 11.1. The standard InChI is InChI=1S/C22H24ClF2N5O3/c1-12-8-17(25)19-18(12)20(28-11-27-19)29-4-6-30(7-5-29)21(31)14(10-26-22(32)33)13-2-3-15(23)16(24)9-13/h2-3,9,11-12,14,17,26H,4-8,10H2,1H3,(H,32,33)/t12-,14-,17+/m1/s1. The van der Waals surface area contributed by atoms with Gasteiger partial charge in [0.05, 0.1) is 16.6 Å². The Hall–Kier alpha value is -3.01. The zero-order valence-corrected chi connectivity index (χ0v) is 18.7. The molecular formula is C22H24ClF2N5O3. The summed E-state index contributed by atoms with van der Waals surface area (Å²) in [6.07, 6.45) is -0.610. The molecule has 0 saturated carbocycles. The number of amides is 2. The van der Waals surface area contributed by atoms with E-state index in [0.717, 1.165) is 11.6 Å². The summed E-state index contributed by atoms with van der Waals surface area (Å²) in [6.45, 7) is 3.45. The van der Waals surface area contributed by atoms with Crippen LogP contribution in [0.2, 0.25) is 5.02 Å². The average Bonchev–Trinajstić information content (AvgIpc) is 3.09. The summed E-state index contributed by atoms with van der Waals surface area (Å²) in [5.41, 5.74) is 1.61. The number of halogens is 3. The zero-order valence-electron chi connectivity index (χ0n) is 18.0. The minimum atomic E-state index is -1.27. The number of piperazine rings is 1. The van der Waals surface area contributed by atoms with Crippen molar-refractivity contribution in [2.45, 2.75) is 31.4 Å². The molecule has 1 fully saturated rings. The third-order valence-corrected chi connectivity index (χ3v) is 6.54. The molecule has 2 N–H and O–H groups in total. The fraction of sp³-hybridized carbons (Fsp3) is 0.455. The number of aromatic nitrogens is 2. The fourth-order valence-electron chi connectivity index (χ4n) is 4.54. The highest BCUT2D eigenvalue weighted by molar-refractivity contribution is 6.30. The van der Waals surface area contributed by atoms with Crippen molar-refractivity contribution in [1.82, 2.24) is 20.2 Å². The maximum Gasteiger partial charge on any atom is 0.404 e. The largest absolute Gasteiger partial charge is 0.465 e. The van der Waals surface area contributed by atoms with Gasteiger partial charge in [-0.2, -0.15) is 0 Å². The van der Waals surface area contributed by atoms with E-state index in [-0.39, 0.29) is 23.4 Å². The summed E-state index contributed by atoms with van der Waals surface area (Å²) >= 11 is 5.76. The lowest BCUT2D eigenvalue weighted by Gasteiger charge is -2.38. The molecule has 0 bridgehead atoms. The highest BCUT2D eigenvalue weighted by Crippen LogP contribution is 2.44. The van der Waals surface area contributed by atoms with E-state index in [1.54, 1.807) is 4.90 Å². The predicted molar refractivity (Wildman–Crippen MR) is 118 cm³/mol. The van der Waals surface area contributed by atoms with Crippen LogP contribution in [0, 0.1) is 5.82 Å². The summed E-state index contributed by atoms with van der Waals surface area (Å²) < 4.78 is 28.3. The minimum absolute atomic E-state index is 0.0112. The summed E-state index contributed by atoms with van der Waals surface area (Å²) in [4.78, 5) is 36.5. The van der Waals surface area contributed by atoms with Gasteiger partial charge in [0, 0.05) is 38.3 Å². The molecule has 1 aromatic heterocycles. The number of carbonyl (C=O) groups is 2. The Labute approximate surface area is 194 Å². The van der Waals surface area contributed by atoms with Crippen molar-refractivity contribution in [3.05, 3.63) is 52.2 Å². The Bertz CT molecular complexity index is 1060. The molecule has 1 aromatic carbocycles. The second kappa shape index (κ2) is 9.46. The second-order valence-electron chi connectivity index (χ2n) is 8.32. The Morgan fingerprint density at radius 1 is 1.27 bits per heavy atom. The predicted octanol–water partition coefficient (Wildman–Crippen LogP) is 3.49. The monoisotopic (exact) mass is 479 g/mol. The van der Waals surface area contributed by atoms with E-state index < -0.39 is 24.0 Å². The van der Waals surface area contributed by atoms with Gasteiger partial charge in [0.2, 0.25) is 5.91 Å².